The lowest BCUT2D eigenvalue weighted by Gasteiger charge is -2.37. The molecule has 2 heterocycles. The van der Waals surface area contributed by atoms with Crippen molar-refractivity contribution < 1.29 is 42.2 Å². The molecule has 0 radical (unpaired) electrons. The number of Topliss-reactive ketones (excluding diaryl/α,β-unsaturated/α-hetero) is 1. The maximum absolute atomic E-state index is 15.8. The smallest absolute Gasteiger partial charge is 0.475 e. The van der Waals surface area contributed by atoms with Crippen LogP contribution in [0.5, 0.6) is 0 Å². The quantitative estimate of drug-likeness (QED) is 0.268. The Morgan fingerprint density at radius 3 is 2.32 bits per heavy atom. The molecule has 1 saturated carbocycles. The van der Waals surface area contributed by atoms with Crippen LogP contribution in [-0.2, 0) is 19.8 Å². The Hall–Kier alpha value is -2.73. The minimum Gasteiger partial charge on any atom is -0.475 e. The number of hydrogen-bond donors (Lipinski definition) is 4. The molecule has 0 aromatic heterocycles. The molecule has 6 atom stereocenters. The normalized spacial score (nSPS) is 28.0. The molecule has 1 spiro atoms. The fourth-order valence-corrected chi connectivity index (χ4v) is 7.20. The van der Waals surface area contributed by atoms with Gasteiger partial charge in [0.25, 0.3) is 0 Å². The van der Waals surface area contributed by atoms with Gasteiger partial charge in [-0.25, -0.2) is 9.18 Å². The molecule has 2 aromatic carbocycles. The lowest BCUT2D eigenvalue weighted by Crippen LogP contribution is -2.49. The molecule has 0 bridgehead atoms. The second kappa shape index (κ2) is 12.6. The SMILES string of the molecule is CC(C)(C)C[C@H]1N[C@@H](C(=O)C[C@H]2CC[C@@H](O)C2)[C@H](c2cccc(Cl)c2F)[C@@]12C(=O)Nc1cc(Cl)ccc12.O=C(O)C(F)(F)F. The van der Waals surface area contributed by atoms with Crippen LogP contribution < -0.4 is 10.6 Å². The van der Waals surface area contributed by atoms with Crippen LogP contribution >= 0.6 is 23.2 Å². The van der Waals surface area contributed by atoms with Gasteiger partial charge >= 0.3 is 12.1 Å². The van der Waals surface area contributed by atoms with Crippen LogP contribution in [0.15, 0.2) is 36.4 Å². The Morgan fingerprint density at radius 2 is 1.75 bits per heavy atom. The third-order valence-electron chi connectivity index (χ3n) is 8.53. The van der Waals surface area contributed by atoms with Crippen LogP contribution in [0.3, 0.4) is 0 Å². The van der Waals surface area contributed by atoms with Crippen molar-refractivity contribution in [3.05, 3.63) is 63.4 Å². The second-order valence-corrected chi connectivity index (χ2v) is 13.7. The fraction of sp³-hybridized carbons (Fsp3) is 0.516. The molecule has 1 amide bonds. The number of rotatable bonds is 5. The van der Waals surface area contributed by atoms with E-state index in [2.05, 4.69) is 31.4 Å². The molecule has 0 unspecified atom stereocenters. The van der Waals surface area contributed by atoms with E-state index in [-0.39, 0.29) is 40.0 Å². The Morgan fingerprint density at radius 1 is 1.09 bits per heavy atom. The Balaban J connectivity index is 0.000000566. The summed E-state index contributed by atoms with van der Waals surface area (Å²) in [6.45, 7) is 6.26. The number of carbonyl (C=O) groups is 3. The van der Waals surface area contributed by atoms with Gasteiger partial charge in [0.1, 0.15) is 11.2 Å². The summed E-state index contributed by atoms with van der Waals surface area (Å²) in [6, 6.07) is 8.79. The molecule has 13 heteroatoms. The molecule has 2 fully saturated rings. The Labute approximate surface area is 262 Å². The predicted molar refractivity (Wildman–Crippen MR) is 157 cm³/mol. The first kappa shape index (κ1) is 34.1. The third-order valence-corrected chi connectivity index (χ3v) is 9.06. The van der Waals surface area contributed by atoms with E-state index in [0.717, 1.165) is 6.42 Å². The molecule has 7 nitrogen and oxygen atoms in total. The summed E-state index contributed by atoms with van der Waals surface area (Å²) >= 11 is 12.5. The first-order chi connectivity index (χ1) is 20.4. The second-order valence-electron chi connectivity index (χ2n) is 12.9. The van der Waals surface area contributed by atoms with E-state index in [0.29, 0.717) is 35.5 Å². The predicted octanol–water partition coefficient (Wildman–Crippen LogP) is 6.64. The highest BCUT2D eigenvalue weighted by Crippen LogP contribution is 2.57. The van der Waals surface area contributed by atoms with Gasteiger partial charge in [-0.05, 0) is 66.3 Å². The summed E-state index contributed by atoms with van der Waals surface area (Å²) < 4.78 is 47.5. The van der Waals surface area contributed by atoms with Crippen LogP contribution in [0.25, 0.3) is 0 Å². The lowest BCUT2D eigenvalue weighted by atomic mass is 9.62. The van der Waals surface area contributed by atoms with Crippen molar-refractivity contribution in [1.29, 1.82) is 0 Å². The Kier molecular flexibility index (Phi) is 9.76. The number of aliphatic carboxylic acids is 1. The summed E-state index contributed by atoms with van der Waals surface area (Å²) in [5.74, 6) is -4.48. The number of amides is 1. The molecule has 1 saturated heterocycles. The van der Waals surface area contributed by atoms with Crippen molar-refractivity contribution in [1.82, 2.24) is 5.32 Å². The summed E-state index contributed by atoms with van der Waals surface area (Å²) in [6.07, 6.45) is -2.61. The zero-order valence-corrected chi connectivity index (χ0v) is 25.8. The largest absolute Gasteiger partial charge is 0.490 e. The maximum atomic E-state index is 15.8. The highest BCUT2D eigenvalue weighted by molar-refractivity contribution is 6.31. The van der Waals surface area contributed by atoms with Gasteiger partial charge < -0.3 is 20.8 Å². The van der Waals surface area contributed by atoms with Crippen molar-refractivity contribution in [2.75, 3.05) is 5.32 Å². The fourth-order valence-electron chi connectivity index (χ4n) is 6.85. The molecule has 240 valence electrons. The van der Waals surface area contributed by atoms with E-state index in [1.807, 2.05) is 6.07 Å². The van der Waals surface area contributed by atoms with E-state index in [9.17, 15) is 27.9 Å². The summed E-state index contributed by atoms with van der Waals surface area (Å²) in [5, 5.41) is 24.1. The number of carboxylic acids is 1. The molecule has 2 aromatic rings. The minimum absolute atomic E-state index is 0.0493. The van der Waals surface area contributed by atoms with Crippen LogP contribution in [0.1, 0.15) is 69.9 Å². The maximum Gasteiger partial charge on any atom is 0.490 e. The molecule has 44 heavy (non-hydrogen) atoms. The van der Waals surface area contributed by atoms with Gasteiger partial charge in [0.05, 0.1) is 17.2 Å². The standard InChI is InChI=1S/C29H33Cl2FN2O3.C2HF3O2/c1-28(2,3)14-23-29(19-10-8-16(30)13-21(19)33-27(29)37)24(18-5-4-6-20(31)25(18)32)26(34-23)22(36)12-15-7-9-17(35)11-15;3-2(4,5)1(6)7/h4-6,8,10,13,15,17,23-24,26,34-35H,7,9,11-12,14H2,1-3H3,(H,33,37);(H,6,7)/t15-,17+,23+,24-,26-,29-;/m0./s1. The van der Waals surface area contributed by atoms with Crippen molar-refractivity contribution in [3.8, 4) is 0 Å². The molecule has 5 rings (SSSR count). The number of benzene rings is 2. The first-order valence-electron chi connectivity index (χ1n) is 14.2. The van der Waals surface area contributed by atoms with E-state index in [1.165, 1.54) is 6.07 Å². The van der Waals surface area contributed by atoms with Gasteiger partial charge in [-0.15, -0.1) is 0 Å². The van der Waals surface area contributed by atoms with Crippen LogP contribution in [0, 0.1) is 17.2 Å². The number of alkyl halides is 3. The van der Waals surface area contributed by atoms with Crippen molar-refractivity contribution in [2.24, 2.45) is 11.3 Å². The molecular formula is C31H34Cl2F4N2O5. The van der Waals surface area contributed by atoms with Gasteiger partial charge in [-0.1, -0.05) is 62.2 Å². The third kappa shape index (κ3) is 6.76. The summed E-state index contributed by atoms with van der Waals surface area (Å²) in [5.41, 5.74) is 0.107. The van der Waals surface area contributed by atoms with Crippen LogP contribution in [0.4, 0.5) is 23.2 Å². The molecule has 3 aliphatic rings. The van der Waals surface area contributed by atoms with E-state index >= 15 is 4.39 Å². The number of hydrogen-bond acceptors (Lipinski definition) is 5. The lowest BCUT2D eigenvalue weighted by molar-refractivity contribution is -0.192. The Bertz CT molecular complexity index is 1450. The highest BCUT2D eigenvalue weighted by Gasteiger charge is 2.66. The monoisotopic (exact) mass is 660 g/mol. The zero-order chi connectivity index (χ0) is 32.8. The number of nitrogens with one attached hydrogen (secondary N) is 2. The molecule has 4 N–H and O–H groups in total. The number of halogens is 6. The van der Waals surface area contributed by atoms with Crippen LogP contribution in [-0.4, -0.2) is 52.2 Å². The van der Waals surface area contributed by atoms with E-state index in [1.54, 1.807) is 24.3 Å². The number of ketones is 1. The van der Waals surface area contributed by atoms with Gasteiger partial charge in [0, 0.05) is 29.1 Å². The average Bonchev–Trinajstić information content (AvgIpc) is 3.54. The number of carboxylic acid groups (broad SMARTS) is 1. The van der Waals surface area contributed by atoms with Crippen molar-refractivity contribution in [3.63, 3.8) is 0 Å². The average molecular weight is 662 g/mol. The van der Waals surface area contributed by atoms with Gasteiger partial charge in [0.2, 0.25) is 5.91 Å². The molecule has 2 aliphatic heterocycles. The van der Waals surface area contributed by atoms with Gasteiger partial charge in [-0.2, -0.15) is 13.2 Å². The van der Waals surface area contributed by atoms with E-state index in [4.69, 9.17) is 33.1 Å². The van der Waals surface area contributed by atoms with E-state index < -0.39 is 47.5 Å². The molecule has 1 aliphatic carbocycles. The van der Waals surface area contributed by atoms with Gasteiger partial charge in [0.15, 0.2) is 5.78 Å². The summed E-state index contributed by atoms with van der Waals surface area (Å²) in [7, 11) is 0. The number of aliphatic hydroxyl groups excluding tert-OH is 1. The minimum atomic E-state index is -5.08. The van der Waals surface area contributed by atoms with Crippen molar-refractivity contribution >= 4 is 46.5 Å². The summed E-state index contributed by atoms with van der Waals surface area (Å²) in [4.78, 5) is 37.0. The van der Waals surface area contributed by atoms with Crippen molar-refractivity contribution in [2.45, 2.75) is 88.6 Å². The number of anilines is 1. The first-order valence-corrected chi connectivity index (χ1v) is 14.9. The van der Waals surface area contributed by atoms with Crippen LogP contribution in [0.2, 0.25) is 10.0 Å². The number of carbonyl (C=O) groups excluding carboxylic acids is 2. The topological polar surface area (TPSA) is 116 Å². The number of aliphatic hydroxyl groups is 1. The van der Waals surface area contributed by atoms with Gasteiger partial charge in [-0.3, -0.25) is 9.59 Å². The number of fused-ring (bicyclic) bond motifs is 2. The molecular weight excluding hydrogens is 627 g/mol. The highest BCUT2D eigenvalue weighted by atomic mass is 35.5. The zero-order valence-electron chi connectivity index (χ0n) is 24.3.